The maximum absolute atomic E-state index is 12.8. The lowest BCUT2D eigenvalue weighted by molar-refractivity contribution is -0.122. The Hall–Kier alpha value is -9.53. The monoisotopic (exact) mass is 1570 g/mol. The Morgan fingerprint density at radius 3 is 1.18 bits per heavy atom. The number of carbonyl (C=O) groups excluding carboxylic acids is 5. The van der Waals surface area contributed by atoms with Gasteiger partial charge in [0.25, 0.3) is 5.91 Å². The van der Waals surface area contributed by atoms with Gasteiger partial charge in [-0.2, -0.15) is 0 Å². The predicted octanol–water partition coefficient (Wildman–Crippen LogP) is 15.7. The fourth-order valence-electron chi connectivity index (χ4n) is 14.2. The number of methoxy groups -OCH3 is 2. The number of nitrogens with zero attached hydrogens (tertiary/aromatic N) is 9. The summed E-state index contributed by atoms with van der Waals surface area (Å²) in [6.45, 7) is 36.0. The molecule has 5 saturated carbocycles. The summed E-state index contributed by atoms with van der Waals surface area (Å²) < 4.78 is 25.8. The van der Waals surface area contributed by atoms with Crippen molar-refractivity contribution in [3.05, 3.63) is 121 Å². The van der Waals surface area contributed by atoms with Gasteiger partial charge in [0.1, 0.15) is 34.2 Å². The topological polar surface area (TPSA) is 391 Å². The van der Waals surface area contributed by atoms with E-state index in [1.54, 1.807) is 48.8 Å². The Kier molecular flexibility index (Phi) is 26.0. The minimum atomic E-state index is -1.16. The van der Waals surface area contributed by atoms with Crippen molar-refractivity contribution in [2.75, 3.05) is 57.7 Å². The lowest BCUT2D eigenvalue weighted by Gasteiger charge is -2.27. The molecule has 1 aliphatic heterocycles. The number of aromatic nitrogens is 8. The molecule has 0 spiro atoms. The van der Waals surface area contributed by atoms with Crippen molar-refractivity contribution in [2.45, 2.75) is 264 Å². The van der Waals surface area contributed by atoms with E-state index in [1.165, 1.54) is 78.5 Å². The summed E-state index contributed by atoms with van der Waals surface area (Å²) >= 11 is 6.37. The van der Waals surface area contributed by atoms with Crippen LogP contribution in [0.25, 0.3) is 43.6 Å². The summed E-state index contributed by atoms with van der Waals surface area (Å²) in [5.41, 5.74) is 35.1. The molecule has 5 heterocycles. The number of nitrogens with two attached hydrogens (primary N) is 4. The van der Waals surface area contributed by atoms with Gasteiger partial charge in [0.2, 0.25) is 29.2 Å². The third kappa shape index (κ3) is 21.5. The molecule has 4 aromatic heterocycles. The first-order chi connectivity index (χ1) is 52.9. The van der Waals surface area contributed by atoms with Gasteiger partial charge < -0.3 is 57.0 Å². The van der Waals surface area contributed by atoms with Crippen LogP contribution in [0.5, 0.6) is 0 Å². The van der Waals surface area contributed by atoms with Crippen molar-refractivity contribution in [2.24, 2.45) is 11.7 Å². The van der Waals surface area contributed by atoms with E-state index in [0.717, 1.165) is 79.6 Å². The van der Waals surface area contributed by atoms with Gasteiger partial charge in [0, 0.05) is 48.7 Å². The quantitative estimate of drug-likeness (QED) is 0.0315. The van der Waals surface area contributed by atoms with Crippen LogP contribution in [-0.4, -0.2) is 150 Å². The number of halogens is 1. The van der Waals surface area contributed by atoms with Crippen LogP contribution in [0.3, 0.4) is 0 Å². The summed E-state index contributed by atoms with van der Waals surface area (Å²) in [6, 6.07) is 16.4. The molecule has 1 saturated heterocycles. The second-order valence-electron chi connectivity index (χ2n) is 35.7. The average Bonchev–Trinajstić information content (AvgIpc) is 1.74. The maximum atomic E-state index is 12.8. The first kappa shape index (κ1) is 85.9. The number of hydrogen-bond donors (Lipinski definition) is 6. The molecule has 0 radical (unpaired) electrons. The zero-order valence-corrected chi connectivity index (χ0v) is 70.0. The summed E-state index contributed by atoms with van der Waals surface area (Å²) in [5, 5.41) is 15.7. The number of primary amides is 1. The van der Waals surface area contributed by atoms with E-state index in [4.69, 9.17) is 63.3 Å². The van der Waals surface area contributed by atoms with Gasteiger partial charge in [0.05, 0.1) is 54.0 Å². The molecule has 608 valence electrons. The second-order valence-corrected chi connectivity index (χ2v) is 36.1. The lowest BCUT2D eigenvalue weighted by atomic mass is 9.84. The van der Waals surface area contributed by atoms with Gasteiger partial charge in [-0.05, 0) is 225 Å². The van der Waals surface area contributed by atoms with Gasteiger partial charge in [0.15, 0.2) is 0 Å². The van der Waals surface area contributed by atoms with Crippen LogP contribution in [0.1, 0.15) is 305 Å². The molecule has 4 atom stereocenters. The summed E-state index contributed by atoms with van der Waals surface area (Å²) in [4.78, 5) is 107. The van der Waals surface area contributed by atoms with Gasteiger partial charge in [-0.1, -0.05) is 119 Å². The number of hydrogen-bond acceptors (Lipinski definition) is 22. The highest BCUT2D eigenvalue weighted by atomic mass is 35.5. The number of fused-ring (bicyclic) bond motifs is 4. The van der Waals surface area contributed by atoms with Crippen molar-refractivity contribution in [3.63, 3.8) is 0 Å². The van der Waals surface area contributed by atoms with E-state index < -0.39 is 41.6 Å². The number of ether oxygens (including phenoxy) is 5. The number of carbonyl (C=O) groups is 6. The molecule has 5 aliphatic carbocycles. The van der Waals surface area contributed by atoms with Crippen molar-refractivity contribution >= 4 is 108 Å². The first-order valence-corrected chi connectivity index (χ1v) is 39.8. The highest BCUT2D eigenvalue weighted by Crippen LogP contribution is 2.48. The minimum absolute atomic E-state index is 0.0222. The number of likely N-dealkylation sites (tertiary alicyclic amines) is 1. The SMILES string of the molecule is CC(C)(C)c1cc(C2CC2)cc2c(N)nc(C(=O)O)nc12.CCOC(=O)c1nc(Cl)c2cc(C3CC3)cc(C(C)(C)C)c2n1.CCOC(=O)c1nc(N)c2cc(C3CC3)cc(C(C)(C)C)c2n1.CO[C@@H]1C[C@@H](C(N)=O)N(C(=O)OC(C)(C)C)C1.CO[C@H]1CC[C@H](CNC(=O)c2nc(N)c3cc(C4CC4)cc(C(C)(C)C)c3n2)C1. The Bertz CT molecular complexity index is 4790. The number of anilines is 3. The normalized spacial score (nSPS) is 18.4. The van der Waals surface area contributed by atoms with Crippen molar-refractivity contribution in [1.82, 2.24) is 50.1 Å². The third-order valence-electron chi connectivity index (χ3n) is 21.0. The minimum Gasteiger partial charge on any atom is -0.475 e. The molecule has 4 aromatic carbocycles. The predicted molar refractivity (Wildman–Crippen MR) is 440 cm³/mol. The van der Waals surface area contributed by atoms with E-state index in [-0.39, 0.29) is 76.0 Å². The standard InChI is InChI=1S/C23H32N4O2.C18H21ClN2O2.C18H23N3O2.C16H19N3O2.C11H20N2O4/c1-23(2,3)18-11-15(14-6-7-14)10-17-19(18)26-21(27-20(17)24)22(28)25-12-13-5-8-16(9-13)29-4;2*1-5-23-17(22)16-20-14-12(15(19)21-16)8-11(10-6-7-10)9-13(14)18(2,3)4;1-16(2,3)11-7-9(8-4-5-8)6-10-12(11)18-14(15(20)21)19-13(10)17;1-11(2,3)17-10(15)13-6-7(16-4)5-8(13)9(12)14/h10-11,13-14,16H,5-9,12H2,1-4H3,(H,25,28)(H2,24,26,27);8-10H,5-7H2,1-4H3;8-10H,5-7H2,1-4H3,(H2,19,20,21);6-8H,4-5H2,1-3H3,(H,20,21)(H2,17,18,19);7-8H,5-6H2,1-4H3,(H2,12,14)/t13-,16-;;;;7-,8+/m0...1/s1. The number of carboxylic acids is 1. The first-order valence-electron chi connectivity index (χ1n) is 39.5. The van der Waals surface area contributed by atoms with Gasteiger partial charge in [-0.25, -0.2) is 59.0 Å². The number of amides is 3. The van der Waals surface area contributed by atoms with E-state index >= 15 is 0 Å². The zero-order chi connectivity index (χ0) is 82.9. The van der Waals surface area contributed by atoms with Gasteiger partial charge in [-0.15, -0.1) is 0 Å². The van der Waals surface area contributed by atoms with Crippen LogP contribution in [0.4, 0.5) is 22.2 Å². The van der Waals surface area contributed by atoms with E-state index in [2.05, 4.69) is 171 Å². The van der Waals surface area contributed by atoms with Crippen LogP contribution in [0.15, 0.2) is 48.5 Å². The molecular formula is C86H115ClN14O12. The average molecular weight is 1570 g/mol. The van der Waals surface area contributed by atoms with Crippen LogP contribution in [-0.2, 0) is 50.1 Å². The number of rotatable bonds is 15. The molecule has 14 rings (SSSR count). The lowest BCUT2D eigenvalue weighted by Crippen LogP contribution is -2.45. The summed E-state index contributed by atoms with van der Waals surface area (Å²) in [5.74, 6) is 0.773. The number of carboxylic acid groups (broad SMARTS) is 1. The largest absolute Gasteiger partial charge is 0.475 e. The molecule has 6 aliphatic rings. The fraction of sp³-hybridized carbons (Fsp3) is 0.558. The molecule has 27 heteroatoms. The third-order valence-corrected chi connectivity index (χ3v) is 21.3. The highest BCUT2D eigenvalue weighted by molar-refractivity contribution is 6.34. The molecule has 0 bridgehead atoms. The molecule has 0 unspecified atom stereocenters. The number of nitrogens with one attached hydrogen (secondary N) is 1. The summed E-state index contributed by atoms with van der Waals surface area (Å²) in [7, 11) is 3.29. The van der Waals surface area contributed by atoms with Crippen LogP contribution in [0.2, 0.25) is 5.15 Å². The molecule has 3 amide bonds. The van der Waals surface area contributed by atoms with Crippen LogP contribution < -0.4 is 28.3 Å². The van der Waals surface area contributed by atoms with Crippen LogP contribution in [0, 0.1) is 5.92 Å². The molecule has 26 nitrogen and oxygen atoms in total. The maximum Gasteiger partial charge on any atom is 0.411 e. The Morgan fingerprint density at radius 1 is 0.478 bits per heavy atom. The smallest absolute Gasteiger partial charge is 0.411 e. The number of benzene rings is 4. The number of nitrogen functional groups attached to an aromatic ring is 3. The number of esters is 2. The molecule has 8 aromatic rings. The van der Waals surface area contributed by atoms with E-state index in [1.807, 2.05) is 6.07 Å². The molecule has 6 fully saturated rings. The van der Waals surface area contributed by atoms with Crippen molar-refractivity contribution in [1.29, 1.82) is 0 Å². The molecular weight excluding hydrogens is 1460 g/mol. The second kappa shape index (κ2) is 34.3. The van der Waals surface area contributed by atoms with Crippen molar-refractivity contribution in [3.8, 4) is 0 Å². The summed E-state index contributed by atoms with van der Waals surface area (Å²) in [6.07, 6.45) is 12.8. The molecule has 10 N–H and O–H groups in total. The van der Waals surface area contributed by atoms with E-state index in [0.29, 0.717) is 77.5 Å². The Balaban J connectivity index is 0.000000151. The molecule has 113 heavy (non-hydrogen) atoms. The number of aromatic carboxylic acids is 1. The fourth-order valence-corrected chi connectivity index (χ4v) is 14.4. The van der Waals surface area contributed by atoms with Crippen molar-refractivity contribution < 1.29 is 57.6 Å². The Labute approximate surface area is 667 Å². The van der Waals surface area contributed by atoms with Gasteiger partial charge >= 0.3 is 24.0 Å². The van der Waals surface area contributed by atoms with Crippen LogP contribution >= 0.6 is 11.6 Å². The zero-order valence-electron chi connectivity index (χ0n) is 69.2. The Morgan fingerprint density at radius 2 is 0.832 bits per heavy atom. The van der Waals surface area contributed by atoms with Gasteiger partial charge in [-0.3, -0.25) is 14.5 Å². The highest BCUT2D eigenvalue weighted by Gasteiger charge is 2.41. The van der Waals surface area contributed by atoms with E-state index in [9.17, 15) is 28.8 Å².